The van der Waals surface area contributed by atoms with E-state index in [2.05, 4.69) is 5.16 Å². The lowest BCUT2D eigenvalue weighted by Crippen LogP contribution is -2.12. The van der Waals surface area contributed by atoms with Crippen LogP contribution in [0.2, 0.25) is 0 Å². The Kier molecular flexibility index (Phi) is 6.01. The number of nitrogens with zero attached hydrogens (tertiary/aromatic N) is 1. The second-order valence-corrected chi connectivity index (χ2v) is 11.6. The Labute approximate surface area is 214 Å². The maximum absolute atomic E-state index is 13.0. The predicted octanol–water partition coefficient (Wildman–Crippen LogP) is 5.05. The van der Waals surface area contributed by atoms with Gasteiger partial charge in [0.05, 0.1) is 0 Å². The Hall–Kier alpha value is -4.15. The fraction of sp³-hybridized carbons (Fsp3) is 0.0741. The molecule has 0 aromatic heterocycles. The molecule has 0 heterocycles. The highest BCUT2D eigenvalue weighted by Gasteiger charge is 2.30. The summed E-state index contributed by atoms with van der Waals surface area (Å²) in [5, 5.41) is 13.2. The molecule has 0 amide bonds. The van der Waals surface area contributed by atoms with Crippen LogP contribution in [0.1, 0.15) is 22.3 Å². The van der Waals surface area contributed by atoms with Crippen molar-refractivity contribution < 1.29 is 30.4 Å². The molecule has 8 nitrogen and oxygen atoms in total. The Morgan fingerprint density at radius 2 is 1.24 bits per heavy atom. The molecule has 0 atom stereocenters. The summed E-state index contributed by atoms with van der Waals surface area (Å²) >= 11 is 0. The average molecular weight is 536 g/mol. The van der Waals surface area contributed by atoms with E-state index in [9.17, 15) is 22.0 Å². The van der Waals surface area contributed by atoms with Gasteiger partial charge in [-0.3, -0.25) is 0 Å². The molecule has 0 unspecified atom stereocenters. The lowest BCUT2D eigenvalue weighted by Gasteiger charge is -2.10. The first kappa shape index (κ1) is 24.5. The van der Waals surface area contributed by atoms with E-state index in [1.54, 1.807) is 55.5 Å². The molecule has 4 aromatic carbocycles. The van der Waals surface area contributed by atoms with Crippen LogP contribution in [0.5, 0.6) is 11.5 Å². The molecule has 1 aliphatic carbocycles. The Balaban J connectivity index is 1.51. The molecular formula is C27H21NO7S2. The summed E-state index contributed by atoms with van der Waals surface area (Å²) in [6.07, 6.45) is 0. The van der Waals surface area contributed by atoms with Gasteiger partial charge >= 0.3 is 20.2 Å². The minimum absolute atomic E-state index is 0.0329. The zero-order valence-electron chi connectivity index (χ0n) is 19.7. The van der Waals surface area contributed by atoms with Crippen molar-refractivity contribution in [3.8, 4) is 22.6 Å². The highest BCUT2D eigenvalue weighted by atomic mass is 32.2. The largest absolute Gasteiger partial charge is 0.410 e. The Morgan fingerprint density at radius 3 is 1.81 bits per heavy atom. The van der Waals surface area contributed by atoms with Crippen molar-refractivity contribution >= 4 is 25.9 Å². The standard InChI is InChI=1S/C27H21NO7S2/c1-17-6-5-8-19(14-17)34-36(30,31)20-10-12-22-23-13-11-21(16-25(23)27(28-29)24(22)15-20)37(32,33)35-26-9-4-3-7-18(26)2/h3-16,29H,1-2H3/b28-27-. The summed E-state index contributed by atoms with van der Waals surface area (Å²) in [5.41, 5.74) is 3.33. The van der Waals surface area contributed by atoms with Crippen LogP contribution < -0.4 is 8.37 Å². The summed E-state index contributed by atoms with van der Waals surface area (Å²) in [7, 11) is -8.39. The van der Waals surface area contributed by atoms with Crippen LogP contribution in [0.15, 0.2) is 99.9 Å². The highest BCUT2D eigenvalue weighted by molar-refractivity contribution is 7.87. The topological polar surface area (TPSA) is 119 Å². The fourth-order valence-electron chi connectivity index (χ4n) is 4.13. The van der Waals surface area contributed by atoms with Gasteiger partial charge in [0.15, 0.2) is 0 Å². The van der Waals surface area contributed by atoms with E-state index in [1.165, 1.54) is 30.3 Å². The molecule has 0 spiro atoms. The number of hydrogen-bond donors (Lipinski definition) is 1. The zero-order valence-corrected chi connectivity index (χ0v) is 21.4. The van der Waals surface area contributed by atoms with E-state index in [0.29, 0.717) is 27.8 Å². The monoisotopic (exact) mass is 535 g/mol. The third-order valence-corrected chi connectivity index (χ3v) is 8.42. The molecule has 0 saturated carbocycles. The molecule has 5 rings (SSSR count). The van der Waals surface area contributed by atoms with Crippen molar-refractivity contribution in [1.29, 1.82) is 0 Å². The van der Waals surface area contributed by atoms with Crippen LogP contribution in [0.3, 0.4) is 0 Å². The van der Waals surface area contributed by atoms with Gasteiger partial charge in [-0.15, -0.1) is 0 Å². The molecule has 37 heavy (non-hydrogen) atoms. The van der Waals surface area contributed by atoms with Crippen LogP contribution in [0.25, 0.3) is 11.1 Å². The van der Waals surface area contributed by atoms with Gasteiger partial charge in [0.25, 0.3) is 0 Å². The third kappa shape index (κ3) is 4.56. The van der Waals surface area contributed by atoms with Gasteiger partial charge in [0.2, 0.25) is 0 Å². The molecule has 188 valence electrons. The molecule has 0 aliphatic heterocycles. The average Bonchev–Trinajstić information content (AvgIpc) is 3.17. The quantitative estimate of drug-likeness (QED) is 0.184. The first-order valence-electron chi connectivity index (χ1n) is 11.1. The first-order valence-corrected chi connectivity index (χ1v) is 13.9. The van der Waals surface area contributed by atoms with Crippen LogP contribution in [0.4, 0.5) is 0 Å². The van der Waals surface area contributed by atoms with Crippen molar-refractivity contribution in [3.63, 3.8) is 0 Å². The number of aryl methyl sites for hydroxylation is 2. The van der Waals surface area contributed by atoms with E-state index in [4.69, 9.17) is 8.37 Å². The van der Waals surface area contributed by atoms with E-state index >= 15 is 0 Å². The summed E-state index contributed by atoms with van der Waals surface area (Å²) in [4.78, 5) is -0.281. The van der Waals surface area contributed by atoms with Gasteiger partial charge in [0, 0.05) is 11.1 Å². The van der Waals surface area contributed by atoms with Gasteiger partial charge in [-0.05, 0) is 78.6 Å². The minimum Gasteiger partial charge on any atom is -0.410 e. The van der Waals surface area contributed by atoms with Crippen molar-refractivity contribution in [3.05, 3.63) is 107 Å². The maximum atomic E-state index is 13.0. The van der Waals surface area contributed by atoms with Gasteiger partial charge < -0.3 is 13.6 Å². The van der Waals surface area contributed by atoms with Crippen molar-refractivity contribution in [1.82, 2.24) is 0 Å². The number of hydrogen-bond acceptors (Lipinski definition) is 8. The molecular weight excluding hydrogens is 514 g/mol. The molecule has 4 aromatic rings. The third-order valence-electron chi connectivity index (χ3n) is 5.95. The summed E-state index contributed by atoms with van der Waals surface area (Å²) in [6, 6.07) is 22.0. The van der Waals surface area contributed by atoms with Crippen molar-refractivity contribution in [2.45, 2.75) is 23.6 Å². The molecule has 0 saturated heterocycles. The van der Waals surface area contributed by atoms with Gasteiger partial charge in [-0.2, -0.15) is 16.8 Å². The number of para-hydroxylation sites is 1. The Morgan fingerprint density at radius 1 is 0.649 bits per heavy atom. The number of fused-ring (bicyclic) bond motifs is 3. The first-order chi connectivity index (χ1) is 17.6. The maximum Gasteiger partial charge on any atom is 0.339 e. The van der Waals surface area contributed by atoms with E-state index in [-0.39, 0.29) is 27.0 Å². The normalized spacial score (nSPS) is 13.7. The van der Waals surface area contributed by atoms with Crippen LogP contribution >= 0.6 is 0 Å². The lowest BCUT2D eigenvalue weighted by molar-refractivity contribution is 0.320. The number of rotatable bonds is 6. The van der Waals surface area contributed by atoms with Gasteiger partial charge in [-0.25, -0.2) is 0 Å². The SMILES string of the molecule is Cc1cccc(OS(=O)(=O)c2ccc3c(c2)/C(=N/O)c2cc(S(=O)(=O)Oc4ccccc4C)ccc2-3)c1. The second-order valence-electron chi connectivity index (χ2n) is 8.52. The lowest BCUT2D eigenvalue weighted by atomic mass is 10.1. The predicted molar refractivity (Wildman–Crippen MR) is 137 cm³/mol. The number of oxime groups is 1. The zero-order chi connectivity index (χ0) is 26.4. The molecule has 10 heteroatoms. The van der Waals surface area contributed by atoms with E-state index < -0.39 is 20.2 Å². The van der Waals surface area contributed by atoms with E-state index in [0.717, 1.165) is 5.56 Å². The summed E-state index contributed by atoms with van der Waals surface area (Å²) in [6.45, 7) is 3.55. The minimum atomic E-state index is -4.20. The summed E-state index contributed by atoms with van der Waals surface area (Å²) < 4.78 is 62.5. The molecule has 1 aliphatic rings. The Bertz CT molecular complexity index is 1790. The van der Waals surface area contributed by atoms with Gasteiger partial charge in [0.1, 0.15) is 27.0 Å². The van der Waals surface area contributed by atoms with Gasteiger partial charge in [-0.1, -0.05) is 47.6 Å². The number of benzene rings is 4. The smallest absolute Gasteiger partial charge is 0.339 e. The highest BCUT2D eigenvalue weighted by Crippen LogP contribution is 2.40. The summed E-state index contributed by atoms with van der Waals surface area (Å²) in [5.74, 6) is 0.370. The molecule has 0 fully saturated rings. The van der Waals surface area contributed by atoms with Crippen molar-refractivity contribution in [2.75, 3.05) is 0 Å². The molecule has 0 bridgehead atoms. The molecule has 1 N–H and O–H groups in total. The molecule has 0 radical (unpaired) electrons. The van der Waals surface area contributed by atoms with E-state index in [1.807, 2.05) is 13.0 Å². The van der Waals surface area contributed by atoms with Crippen molar-refractivity contribution in [2.24, 2.45) is 5.16 Å². The van der Waals surface area contributed by atoms with Crippen LogP contribution in [-0.2, 0) is 20.2 Å². The van der Waals surface area contributed by atoms with Crippen LogP contribution in [-0.4, -0.2) is 27.8 Å². The van der Waals surface area contributed by atoms with Crippen LogP contribution in [0, 0.1) is 13.8 Å². The second kappa shape index (κ2) is 9.06. The fourth-order valence-corrected chi connectivity index (χ4v) is 6.10.